The Labute approximate surface area is 278 Å². The van der Waals surface area contributed by atoms with Gasteiger partial charge in [0.15, 0.2) is 12.4 Å². The highest BCUT2D eigenvalue weighted by Gasteiger charge is 2.42. The number of hydrogen-bond donors (Lipinski definition) is 3. The Morgan fingerprint density at radius 1 is 0.809 bits per heavy atom. The molecule has 4 aromatic carbocycles. The Morgan fingerprint density at radius 3 is 2.17 bits per heavy atom. The lowest BCUT2D eigenvalue weighted by Gasteiger charge is -2.43. The van der Waals surface area contributed by atoms with E-state index in [1.165, 1.54) is 20.8 Å². The lowest BCUT2D eigenvalue weighted by Crippen LogP contribution is -2.38. The summed E-state index contributed by atoms with van der Waals surface area (Å²) in [4.78, 5) is 36.5. The maximum absolute atomic E-state index is 12.7. The summed E-state index contributed by atoms with van der Waals surface area (Å²) in [5.74, 6) is -0.693. The minimum atomic E-state index is -0.954. The molecule has 1 fully saturated rings. The number of aliphatic hydroxyl groups is 1. The Hall–Kier alpha value is -4.48. The number of hydrogen-bond acceptors (Lipinski definition) is 8. The highest BCUT2D eigenvalue weighted by Crippen LogP contribution is 2.48. The van der Waals surface area contributed by atoms with Crippen LogP contribution in [0.3, 0.4) is 0 Å². The Kier molecular flexibility index (Phi) is 11.4. The molecule has 5 rings (SSSR count). The van der Waals surface area contributed by atoms with E-state index in [0.29, 0.717) is 17.0 Å². The van der Waals surface area contributed by atoms with Crippen LogP contribution in [0.4, 0.5) is 11.4 Å². The summed E-state index contributed by atoms with van der Waals surface area (Å²) in [5.41, 5.74) is 4.76. The molecule has 0 aromatic heterocycles. The van der Waals surface area contributed by atoms with E-state index in [1.54, 1.807) is 23.9 Å². The zero-order valence-corrected chi connectivity index (χ0v) is 27.2. The lowest BCUT2D eigenvalue weighted by atomic mass is 9.84. The number of benzene rings is 4. The normalized spacial score (nSPS) is 19.7. The molecule has 5 unspecified atom stereocenters. The molecular weight excluding hydrogens is 616 g/mol. The van der Waals surface area contributed by atoms with Crippen LogP contribution in [0.15, 0.2) is 108 Å². The summed E-state index contributed by atoms with van der Waals surface area (Å²) in [6.45, 7) is 4.19. The molecule has 0 spiro atoms. The summed E-state index contributed by atoms with van der Waals surface area (Å²) in [5, 5.41) is 15.3. The lowest BCUT2D eigenvalue weighted by molar-refractivity contribution is -0.255. The van der Waals surface area contributed by atoms with E-state index < -0.39 is 30.4 Å². The summed E-state index contributed by atoms with van der Waals surface area (Å²) >= 11 is 1.65. The summed E-state index contributed by atoms with van der Waals surface area (Å²) in [7, 11) is 0. The van der Waals surface area contributed by atoms with E-state index in [1.807, 2.05) is 78.9 Å². The van der Waals surface area contributed by atoms with E-state index >= 15 is 0 Å². The first-order valence-corrected chi connectivity index (χ1v) is 16.3. The van der Waals surface area contributed by atoms with Gasteiger partial charge in [-0.25, -0.2) is 0 Å². The molecule has 244 valence electrons. The van der Waals surface area contributed by atoms with Crippen molar-refractivity contribution in [3.63, 3.8) is 0 Å². The first-order valence-electron chi connectivity index (χ1n) is 15.3. The second-order valence-corrected chi connectivity index (χ2v) is 12.4. The van der Waals surface area contributed by atoms with Gasteiger partial charge in [-0.2, -0.15) is 0 Å². The number of ether oxygens (including phenoxy) is 3. The molecule has 1 aliphatic heterocycles. The average molecular weight is 655 g/mol. The van der Waals surface area contributed by atoms with Crippen molar-refractivity contribution in [2.45, 2.75) is 62.8 Å². The van der Waals surface area contributed by atoms with Crippen molar-refractivity contribution >= 4 is 40.9 Å². The van der Waals surface area contributed by atoms with Crippen molar-refractivity contribution in [2.24, 2.45) is 0 Å². The van der Waals surface area contributed by atoms with Gasteiger partial charge in [-0.1, -0.05) is 66.7 Å². The van der Waals surface area contributed by atoms with Crippen LogP contribution in [-0.2, 0) is 35.2 Å². The van der Waals surface area contributed by atoms with E-state index in [2.05, 4.69) is 22.8 Å². The molecule has 1 saturated heterocycles. The van der Waals surface area contributed by atoms with Gasteiger partial charge in [0.2, 0.25) is 5.91 Å². The maximum Gasteiger partial charge on any atom is 0.303 e. The number of rotatable bonds is 11. The van der Waals surface area contributed by atoms with E-state index in [9.17, 15) is 19.5 Å². The van der Waals surface area contributed by atoms with Gasteiger partial charge in [-0.3, -0.25) is 14.4 Å². The monoisotopic (exact) mass is 654 g/mol. The number of nitrogens with one attached hydrogen (secondary N) is 2. The van der Waals surface area contributed by atoms with Gasteiger partial charge in [0.05, 0.1) is 18.8 Å². The van der Waals surface area contributed by atoms with Crippen molar-refractivity contribution < 1.29 is 33.7 Å². The number of anilines is 2. The van der Waals surface area contributed by atoms with Crippen molar-refractivity contribution in [3.8, 4) is 0 Å². The Balaban J connectivity index is 1.46. The number of carbonyl (C=O) groups is 3. The molecule has 9 nitrogen and oxygen atoms in total. The number of aliphatic hydroxyl groups excluding tert-OH is 1. The smallest absolute Gasteiger partial charge is 0.303 e. The fraction of sp³-hybridized carbons (Fsp3) is 0.270. The van der Waals surface area contributed by atoms with Crippen molar-refractivity contribution in [1.82, 2.24) is 0 Å². The standard InChI is InChI=1S/C37H38N2O7S/c1-23(44-25(3)42)36(43)39-31-11-7-10-29(20-31)37-45-33(22-47-32-18-16-30(17-19-32)38-24(2)41)34(27-8-5-4-6-9-27)35(46-37)28-14-12-26(21-40)13-15-28/h4-20,23,33-35,37,40H,21-22H2,1-3H3,(H,38,41)(H,39,43). The van der Waals surface area contributed by atoms with Crippen LogP contribution in [0.5, 0.6) is 0 Å². The minimum absolute atomic E-state index is 0.0613. The van der Waals surface area contributed by atoms with Crippen molar-refractivity contribution in [3.05, 3.63) is 125 Å². The van der Waals surface area contributed by atoms with Gasteiger partial charge in [0.1, 0.15) is 0 Å². The molecule has 5 atom stereocenters. The third kappa shape index (κ3) is 9.08. The van der Waals surface area contributed by atoms with Crippen LogP contribution < -0.4 is 10.6 Å². The minimum Gasteiger partial charge on any atom is -0.453 e. The van der Waals surface area contributed by atoms with Crippen molar-refractivity contribution in [1.29, 1.82) is 0 Å². The summed E-state index contributed by atoms with van der Waals surface area (Å²) in [6, 6.07) is 32.8. The maximum atomic E-state index is 12.7. The number of thioether (sulfide) groups is 1. The molecule has 0 saturated carbocycles. The highest BCUT2D eigenvalue weighted by molar-refractivity contribution is 7.99. The van der Waals surface area contributed by atoms with Crippen LogP contribution in [0, 0.1) is 0 Å². The van der Waals surface area contributed by atoms with Gasteiger partial charge < -0.3 is 30.0 Å². The second-order valence-electron chi connectivity index (χ2n) is 11.3. The van der Waals surface area contributed by atoms with E-state index in [-0.39, 0.29) is 24.5 Å². The number of amides is 2. The van der Waals surface area contributed by atoms with Crippen LogP contribution >= 0.6 is 11.8 Å². The quantitative estimate of drug-likeness (QED) is 0.120. The molecule has 4 aromatic rings. The first kappa shape index (κ1) is 33.9. The third-order valence-corrected chi connectivity index (χ3v) is 8.80. The van der Waals surface area contributed by atoms with Gasteiger partial charge in [0, 0.05) is 47.4 Å². The van der Waals surface area contributed by atoms with E-state index in [0.717, 1.165) is 27.3 Å². The van der Waals surface area contributed by atoms with Gasteiger partial charge in [-0.15, -0.1) is 11.8 Å². The van der Waals surface area contributed by atoms with Crippen molar-refractivity contribution in [2.75, 3.05) is 16.4 Å². The molecule has 1 heterocycles. The largest absolute Gasteiger partial charge is 0.453 e. The van der Waals surface area contributed by atoms with Gasteiger partial charge in [-0.05, 0) is 60.0 Å². The van der Waals surface area contributed by atoms with Crippen LogP contribution in [-0.4, -0.2) is 40.9 Å². The Morgan fingerprint density at radius 2 is 1.51 bits per heavy atom. The van der Waals surface area contributed by atoms with Crippen LogP contribution in [0.2, 0.25) is 0 Å². The molecule has 2 amide bonds. The summed E-state index contributed by atoms with van der Waals surface area (Å²) in [6.07, 6.45) is -2.43. The first-order chi connectivity index (χ1) is 22.7. The van der Waals surface area contributed by atoms with E-state index in [4.69, 9.17) is 14.2 Å². The number of esters is 1. The molecular formula is C37H38N2O7S. The molecule has 0 aliphatic carbocycles. The average Bonchev–Trinajstić information content (AvgIpc) is 3.07. The van der Waals surface area contributed by atoms with Crippen LogP contribution in [0.25, 0.3) is 0 Å². The fourth-order valence-corrected chi connectivity index (χ4v) is 6.45. The zero-order chi connectivity index (χ0) is 33.3. The second kappa shape index (κ2) is 15.9. The molecule has 47 heavy (non-hydrogen) atoms. The third-order valence-electron chi connectivity index (χ3n) is 7.70. The summed E-state index contributed by atoms with van der Waals surface area (Å²) < 4.78 is 18.6. The molecule has 0 radical (unpaired) electrons. The molecule has 1 aliphatic rings. The molecule has 10 heteroatoms. The highest BCUT2D eigenvalue weighted by atomic mass is 32.2. The predicted octanol–water partition coefficient (Wildman–Crippen LogP) is 6.76. The SMILES string of the molecule is CC(=O)Nc1ccc(SCC2OC(c3cccc(NC(=O)C(C)OC(C)=O)c3)OC(c3ccc(CO)cc3)C2c2ccccc2)cc1. The van der Waals surface area contributed by atoms with Gasteiger partial charge >= 0.3 is 5.97 Å². The van der Waals surface area contributed by atoms with Crippen LogP contribution in [0.1, 0.15) is 61.3 Å². The van der Waals surface area contributed by atoms with Gasteiger partial charge in [0.25, 0.3) is 5.91 Å². The molecule has 3 N–H and O–H groups in total. The fourth-order valence-electron chi connectivity index (χ4n) is 5.48. The number of carbonyl (C=O) groups excluding carboxylic acids is 3. The predicted molar refractivity (Wildman–Crippen MR) is 181 cm³/mol. The zero-order valence-electron chi connectivity index (χ0n) is 26.4. The Bertz CT molecular complexity index is 1660. The molecule has 0 bridgehead atoms. The topological polar surface area (TPSA) is 123 Å².